The van der Waals surface area contributed by atoms with E-state index in [1.165, 1.54) is 180 Å². The van der Waals surface area contributed by atoms with Crippen LogP contribution in [0.2, 0.25) is 0 Å². The van der Waals surface area contributed by atoms with Crippen LogP contribution in [-0.4, -0.2) is 96.7 Å². The van der Waals surface area contributed by atoms with Crippen molar-refractivity contribution in [2.45, 2.75) is 388 Å². The van der Waals surface area contributed by atoms with Crippen LogP contribution < -0.4 is 0 Å². The van der Waals surface area contributed by atoms with Gasteiger partial charge in [0.15, 0.2) is 12.2 Å². The van der Waals surface area contributed by atoms with Gasteiger partial charge >= 0.3 is 39.5 Å². The molecule has 0 rings (SSSR count). The van der Waals surface area contributed by atoms with E-state index in [-0.39, 0.29) is 25.7 Å². The third-order valence-electron chi connectivity index (χ3n) is 16.9. The number of aliphatic hydroxyl groups excluding tert-OH is 1. The molecule has 17 nitrogen and oxygen atoms in total. The number of phosphoric acid groups is 2. The zero-order valence-corrected chi connectivity index (χ0v) is 61.8. The molecular formula is C73H142O17P2. The van der Waals surface area contributed by atoms with Crippen molar-refractivity contribution in [2.24, 2.45) is 17.8 Å². The Balaban J connectivity index is 5.21. The number of carbonyl (C=O) groups is 4. The Morgan fingerprint density at radius 2 is 0.500 bits per heavy atom. The maximum absolute atomic E-state index is 13.1. The maximum atomic E-state index is 13.1. The fourth-order valence-corrected chi connectivity index (χ4v) is 12.7. The summed E-state index contributed by atoms with van der Waals surface area (Å²) in [5.74, 6) is 0.151. The summed E-state index contributed by atoms with van der Waals surface area (Å²) in [6.45, 7) is 11.8. The Bertz CT molecular complexity index is 1800. The number of hydrogen-bond donors (Lipinski definition) is 3. The van der Waals surface area contributed by atoms with Gasteiger partial charge in [0.2, 0.25) is 0 Å². The van der Waals surface area contributed by atoms with E-state index in [9.17, 15) is 43.2 Å². The average Bonchev–Trinajstić information content (AvgIpc) is 1.70. The van der Waals surface area contributed by atoms with Crippen LogP contribution in [0, 0.1) is 17.8 Å². The predicted molar refractivity (Wildman–Crippen MR) is 372 cm³/mol. The average molecular weight is 1350 g/mol. The molecule has 3 N–H and O–H groups in total. The number of aliphatic hydroxyl groups is 1. The van der Waals surface area contributed by atoms with Crippen LogP contribution in [0.3, 0.4) is 0 Å². The molecule has 0 aliphatic heterocycles. The fraction of sp³-hybridized carbons (Fsp3) is 0.945. The first-order chi connectivity index (χ1) is 44.2. The van der Waals surface area contributed by atoms with E-state index >= 15 is 0 Å². The van der Waals surface area contributed by atoms with Crippen molar-refractivity contribution < 1.29 is 80.2 Å². The molecule has 0 aliphatic carbocycles. The van der Waals surface area contributed by atoms with Gasteiger partial charge in [-0.2, -0.15) is 0 Å². The van der Waals surface area contributed by atoms with E-state index in [1.54, 1.807) is 0 Å². The number of unbranched alkanes of at least 4 members (excludes halogenated alkanes) is 39. The van der Waals surface area contributed by atoms with Gasteiger partial charge in [-0.15, -0.1) is 0 Å². The Morgan fingerprint density at radius 3 is 0.739 bits per heavy atom. The monoisotopic (exact) mass is 1350 g/mol. The minimum Gasteiger partial charge on any atom is -0.462 e. The van der Waals surface area contributed by atoms with Gasteiger partial charge in [-0.25, -0.2) is 9.13 Å². The molecule has 546 valence electrons. The lowest BCUT2D eigenvalue weighted by Crippen LogP contribution is -2.30. The molecule has 0 spiro atoms. The highest BCUT2D eigenvalue weighted by Crippen LogP contribution is 2.45. The summed E-state index contributed by atoms with van der Waals surface area (Å²) in [5.41, 5.74) is 0. The van der Waals surface area contributed by atoms with Crippen molar-refractivity contribution in [3.63, 3.8) is 0 Å². The van der Waals surface area contributed by atoms with Crippen molar-refractivity contribution in [1.29, 1.82) is 0 Å². The van der Waals surface area contributed by atoms with Crippen molar-refractivity contribution in [3.05, 3.63) is 0 Å². The first-order valence-corrected chi connectivity index (χ1v) is 40.8. The second-order valence-corrected chi connectivity index (χ2v) is 30.7. The topological polar surface area (TPSA) is 237 Å². The molecule has 0 amide bonds. The van der Waals surface area contributed by atoms with Crippen molar-refractivity contribution in [3.8, 4) is 0 Å². The van der Waals surface area contributed by atoms with Gasteiger partial charge in [-0.05, 0) is 43.4 Å². The number of rotatable bonds is 71. The highest BCUT2D eigenvalue weighted by molar-refractivity contribution is 7.47. The van der Waals surface area contributed by atoms with Gasteiger partial charge in [0.05, 0.1) is 26.4 Å². The zero-order valence-electron chi connectivity index (χ0n) is 60.0. The molecule has 0 saturated carbocycles. The predicted octanol–water partition coefficient (Wildman–Crippen LogP) is 21.0. The zero-order chi connectivity index (χ0) is 68.0. The molecule has 0 radical (unpaired) electrons. The molecular weight excluding hydrogens is 1210 g/mol. The first kappa shape index (κ1) is 90.1. The molecule has 2 unspecified atom stereocenters. The second-order valence-electron chi connectivity index (χ2n) is 27.8. The lowest BCUT2D eigenvalue weighted by Gasteiger charge is -2.21. The first-order valence-electron chi connectivity index (χ1n) is 37.8. The standard InChI is InChI=1S/C73H142O17P2/c1-8-9-10-11-12-24-33-40-47-54-70(75)83-61-69(90-73(78)57-50-43-36-29-32-39-46-53-66(6)7)63-88-92(81,82)86-59-67(74)58-85-91(79,80)87-62-68(60-84-71(76)55-48-41-34-27-23-19-21-26-31-38-45-52-65(4)5)89-72(77)56-49-42-35-28-22-18-16-14-13-15-17-20-25-30-37-44-51-64(2)3/h64-69,74H,8-63H2,1-7H3,(H,79,80)(H,81,82)/t67-,68-,69-/m1/s1. The summed E-state index contributed by atoms with van der Waals surface area (Å²) in [5, 5.41) is 10.6. The van der Waals surface area contributed by atoms with Crippen molar-refractivity contribution >= 4 is 39.5 Å². The lowest BCUT2D eigenvalue weighted by molar-refractivity contribution is -0.161. The second kappa shape index (κ2) is 63.8. The smallest absolute Gasteiger partial charge is 0.462 e. The van der Waals surface area contributed by atoms with E-state index < -0.39 is 97.5 Å². The lowest BCUT2D eigenvalue weighted by atomic mass is 10.0. The van der Waals surface area contributed by atoms with Gasteiger partial charge in [0.25, 0.3) is 0 Å². The highest BCUT2D eigenvalue weighted by Gasteiger charge is 2.30. The van der Waals surface area contributed by atoms with Crippen molar-refractivity contribution in [2.75, 3.05) is 39.6 Å². The quantitative estimate of drug-likeness (QED) is 0.0222. The summed E-state index contributed by atoms with van der Waals surface area (Å²) < 4.78 is 68.3. The number of esters is 4. The third-order valence-corrected chi connectivity index (χ3v) is 18.8. The fourth-order valence-electron chi connectivity index (χ4n) is 11.1. The van der Waals surface area contributed by atoms with Gasteiger partial charge in [0, 0.05) is 25.7 Å². The van der Waals surface area contributed by atoms with Crippen LogP contribution in [0.5, 0.6) is 0 Å². The highest BCUT2D eigenvalue weighted by atomic mass is 31.2. The molecule has 0 aliphatic rings. The number of phosphoric ester groups is 2. The molecule has 0 saturated heterocycles. The van der Waals surface area contributed by atoms with Gasteiger partial charge < -0.3 is 33.8 Å². The number of ether oxygens (including phenoxy) is 4. The Morgan fingerprint density at radius 1 is 0.293 bits per heavy atom. The molecule has 0 aromatic carbocycles. The molecule has 0 fully saturated rings. The van der Waals surface area contributed by atoms with Crippen LogP contribution in [0.15, 0.2) is 0 Å². The molecule has 0 aromatic rings. The maximum Gasteiger partial charge on any atom is 0.472 e. The largest absolute Gasteiger partial charge is 0.472 e. The van der Waals surface area contributed by atoms with E-state index in [4.69, 9.17) is 37.0 Å². The third kappa shape index (κ3) is 66.7. The SMILES string of the molecule is CCCCCCCCCCCC(=O)OC[C@H](COP(=O)(O)OC[C@H](O)COP(=O)(O)OC[C@@H](COC(=O)CCCCCCCCCCCCCC(C)C)OC(=O)CCCCCCCCCCCCCCCCCCC(C)C)OC(=O)CCCCCCCCCC(C)C. The van der Waals surface area contributed by atoms with E-state index in [0.717, 1.165) is 102 Å². The van der Waals surface area contributed by atoms with Gasteiger partial charge in [0.1, 0.15) is 19.3 Å². The molecule has 0 heterocycles. The van der Waals surface area contributed by atoms with Crippen LogP contribution in [-0.2, 0) is 65.4 Å². The molecule has 0 aromatic heterocycles. The summed E-state index contributed by atoms with van der Waals surface area (Å²) in [6, 6.07) is 0. The Kier molecular flexibility index (Phi) is 62.4. The summed E-state index contributed by atoms with van der Waals surface area (Å²) in [6.07, 6.45) is 48.7. The summed E-state index contributed by atoms with van der Waals surface area (Å²) >= 11 is 0. The normalized spacial score (nSPS) is 14.1. The molecule has 19 heteroatoms. The minimum absolute atomic E-state index is 0.103. The van der Waals surface area contributed by atoms with E-state index in [1.807, 2.05) is 0 Å². The Labute approximate surface area is 562 Å². The van der Waals surface area contributed by atoms with E-state index in [2.05, 4.69) is 48.5 Å². The van der Waals surface area contributed by atoms with E-state index in [0.29, 0.717) is 31.6 Å². The molecule has 5 atom stereocenters. The Hall–Kier alpha value is -1.94. The number of hydrogen-bond acceptors (Lipinski definition) is 15. The minimum atomic E-state index is -4.95. The summed E-state index contributed by atoms with van der Waals surface area (Å²) in [4.78, 5) is 72.6. The summed E-state index contributed by atoms with van der Waals surface area (Å²) in [7, 11) is -9.90. The van der Waals surface area contributed by atoms with Crippen LogP contribution in [0.1, 0.15) is 370 Å². The number of carbonyl (C=O) groups excluding carboxylic acids is 4. The van der Waals surface area contributed by atoms with Crippen LogP contribution >= 0.6 is 15.6 Å². The van der Waals surface area contributed by atoms with Crippen LogP contribution in [0.4, 0.5) is 0 Å². The molecule has 0 bridgehead atoms. The van der Waals surface area contributed by atoms with Crippen LogP contribution in [0.25, 0.3) is 0 Å². The van der Waals surface area contributed by atoms with Gasteiger partial charge in [-0.3, -0.25) is 37.3 Å². The van der Waals surface area contributed by atoms with Crippen molar-refractivity contribution in [1.82, 2.24) is 0 Å². The molecule has 92 heavy (non-hydrogen) atoms. The van der Waals surface area contributed by atoms with Gasteiger partial charge in [-0.1, -0.05) is 318 Å².